The molecule has 0 aliphatic rings. The summed E-state index contributed by atoms with van der Waals surface area (Å²) in [6, 6.07) is 12.3. The van der Waals surface area contributed by atoms with Gasteiger partial charge in [-0.15, -0.1) is 0 Å². The fraction of sp³-hybridized carbons (Fsp3) is 0.400. The molecule has 1 aromatic heterocycles. The van der Waals surface area contributed by atoms with Crippen molar-refractivity contribution in [2.75, 3.05) is 18.5 Å². The molecule has 19 heavy (non-hydrogen) atoms. The lowest BCUT2D eigenvalue weighted by Crippen LogP contribution is -2.15. The van der Waals surface area contributed by atoms with Gasteiger partial charge in [-0.3, -0.25) is 0 Å². The molecule has 0 saturated heterocycles. The maximum Gasteiger partial charge on any atom is 0.156 e. The first-order chi connectivity index (χ1) is 9.29. The summed E-state index contributed by atoms with van der Waals surface area (Å²) >= 11 is 0. The van der Waals surface area contributed by atoms with Gasteiger partial charge in [0, 0.05) is 25.3 Å². The highest BCUT2D eigenvalue weighted by molar-refractivity contribution is 5.45. The van der Waals surface area contributed by atoms with E-state index in [-0.39, 0.29) is 0 Å². The fourth-order valence-corrected chi connectivity index (χ4v) is 1.91. The zero-order chi connectivity index (χ0) is 13.5. The van der Waals surface area contributed by atoms with Gasteiger partial charge in [0.25, 0.3) is 0 Å². The Hall–Kier alpha value is -1.81. The molecule has 0 aliphatic carbocycles. The zero-order valence-electron chi connectivity index (χ0n) is 11.6. The largest absolute Gasteiger partial charge is 0.367 e. The Bertz CT molecular complexity index is 481. The lowest BCUT2D eigenvalue weighted by Gasteiger charge is -2.16. The average Bonchev–Trinajstić information content (AvgIpc) is 2.88. The van der Waals surface area contributed by atoms with E-state index in [0.29, 0.717) is 0 Å². The number of nitrogens with one attached hydrogen (secondary N) is 1. The van der Waals surface area contributed by atoms with E-state index < -0.39 is 0 Å². The lowest BCUT2D eigenvalue weighted by atomic mass is 10.3. The fourth-order valence-electron chi connectivity index (χ4n) is 1.91. The number of aromatic nitrogens is 1. The van der Waals surface area contributed by atoms with Crippen LogP contribution in [0.4, 0.5) is 5.69 Å². The van der Waals surface area contributed by atoms with Crippen LogP contribution in [0.3, 0.4) is 0 Å². The Morgan fingerprint density at radius 1 is 1.26 bits per heavy atom. The normalized spacial score (nSPS) is 10.6. The Morgan fingerprint density at radius 2 is 2.05 bits per heavy atom. The van der Waals surface area contributed by atoms with Gasteiger partial charge in [-0.1, -0.05) is 30.3 Å². The topological polar surface area (TPSA) is 41.3 Å². The van der Waals surface area contributed by atoms with E-state index in [4.69, 9.17) is 4.52 Å². The minimum atomic E-state index is 0.727. The van der Waals surface area contributed by atoms with Gasteiger partial charge in [-0.2, -0.15) is 0 Å². The van der Waals surface area contributed by atoms with Gasteiger partial charge in [-0.05, 0) is 25.1 Å². The van der Waals surface area contributed by atoms with E-state index in [1.165, 1.54) is 5.69 Å². The number of para-hydroxylation sites is 1. The minimum Gasteiger partial charge on any atom is -0.367 e. The maximum absolute atomic E-state index is 5.36. The Kier molecular flexibility index (Phi) is 4.98. The highest BCUT2D eigenvalue weighted by Gasteiger charge is 2.07. The molecule has 0 atom stereocenters. The zero-order valence-corrected chi connectivity index (χ0v) is 11.6. The number of anilines is 1. The summed E-state index contributed by atoms with van der Waals surface area (Å²) in [7, 11) is 2.05. The number of rotatable bonds is 7. The summed E-state index contributed by atoms with van der Waals surface area (Å²) in [6.45, 7) is 4.65. The van der Waals surface area contributed by atoms with Gasteiger partial charge in [0.1, 0.15) is 0 Å². The second kappa shape index (κ2) is 6.95. The highest BCUT2D eigenvalue weighted by atomic mass is 16.5. The summed E-state index contributed by atoms with van der Waals surface area (Å²) in [5.41, 5.74) is 2.13. The third kappa shape index (κ3) is 4.10. The predicted molar refractivity (Wildman–Crippen MR) is 77.0 cm³/mol. The first-order valence-corrected chi connectivity index (χ1v) is 6.71. The smallest absolute Gasteiger partial charge is 0.156 e. The van der Waals surface area contributed by atoms with Crippen LogP contribution in [0.25, 0.3) is 0 Å². The van der Waals surface area contributed by atoms with Gasteiger partial charge in [0.05, 0.1) is 12.2 Å². The predicted octanol–water partition coefficient (Wildman–Crippen LogP) is 2.81. The van der Waals surface area contributed by atoms with Crippen LogP contribution in [-0.4, -0.2) is 18.7 Å². The number of hydrogen-bond donors (Lipinski definition) is 1. The van der Waals surface area contributed by atoms with Crippen molar-refractivity contribution in [2.45, 2.75) is 26.4 Å². The first-order valence-electron chi connectivity index (χ1n) is 6.71. The van der Waals surface area contributed by atoms with Crippen LogP contribution >= 0.6 is 0 Å². The minimum absolute atomic E-state index is 0.727. The van der Waals surface area contributed by atoms with Crippen LogP contribution in [0, 0.1) is 0 Å². The van der Waals surface area contributed by atoms with Crippen molar-refractivity contribution in [2.24, 2.45) is 0 Å². The molecule has 0 saturated carbocycles. The highest BCUT2D eigenvalue weighted by Crippen LogP contribution is 2.15. The van der Waals surface area contributed by atoms with Crippen molar-refractivity contribution < 1.29 is 4.52 Å². The van der Waals surface area contributed by atoms with Gasteiger partial charge >= 0.3 is 0 Å². The third-order valence-electron chi connectivity index (χ3n) is 2.93. The SMILES string of the molecule is CCCNCc1cc(CN(C)c2ccccc2)on1. The van der Waals surface area contributed by atoms with Crippen molar-refractivity contribution >= 4 is 5.69 Å². The van der Waals surface area contributed by atoms with Crippen LogP contribution in [0.1, 0.15) is 24.8 Å². The summed E-state index contributed by atoms with van der Waals surface area (Å²) in [5, 5.41) is 7.38. The van der Waals surface area contributed by atoms with Gasteiger partial charge < -0.3 is 14.7 Å². The monoisotopic (exact) mass is 259 g/mol. The molecule has 4 nitrogen and oxygen atoms in total. The van der Waals surface area contributed by atoms with Gasteiger partial charge in [0.2, 0.25) is 0 Å². The van der Waals surface area contributed by atoms with E-state index in [9.17, 15) is 0 Å². The molecular weight excluding hydrogens is 238 g/mol. The Morgan fingerprint density at radius 3 is 2.79 bits per heavy atom. The second-order valence-electron chi connectivity index (χ2n) is 4.65. The van der Waals surface area contributed by atoms with E-state index in [1.54, 1.807) is 0 Å². The summed E-state index contributed by atoms with van der Waals surface area (Å²) in [5.74, 6) is 0.889. The molecule has 1 heterocycles. The molecule has 0 unspecified atom stereocenters. The van der Waals surface area contributed by atoms with Crippen LogP contribution in [0.2, 0.25) is 0 Å². The molecule has 0 bridgehead atoms. The third-order valence-corrected chi connectivity index (χ3v) is 2.93. The number of hydrogen-bond acceptors (Lipinski definition) is 4. The first kappa shape index (κ1) is 13.6. The van der Waals surface area contributed by atoms with Gasteiger partial charge in [-0.25, -0.2) is 0 Å². The lowest BCUT2D eigenvalue weighted by molar-refractivity contribution is 0.375. The second-order valence-corrected chi connectivity index (χ2v) is 4.65. The molecule has 0 aliphatic heterocycles. The molecule has 0 fully saturated rings. The van der Waals surface area contributed by atoms with Crippen molar-refractivity contribution in [3.63, 3.8) is 0 Å². The standard InChI is InChI=1S/C15H21N3O/c1-3-9-16-11-13-10-15(19-17-13)12-18(2)14-7-5-4-6-8-14/h4-8,10,16H,3,9,11-12H2,1-2H3. The Labute approximate surface area is 114 Å². The molecule has 4 heteroatoms. The van der Waals surface area contributed by atoms with E-state index in [0.717, 1.165) is 37.5 Å². The molecule has 0 spiro atoms. The quantitative estimate of drug-likeness (QED) is 0.776. The molecular formula is C15H21N3O. The molecule has 2 rings (SSSR count). The maximum atomic E-state index is 5.36. The Balaban J connectivity index is 1.89. The summed E-state index contributed by atoms with van der Waals surface area (Å²) in [6.07, 6.45) is 1.13. The summed E-state index contributed by atoms with van der Waals surface area (Å²) < 4.78 is 5.36. The van der Waals surface area contributed by atoms with Gasteiger partial charge in [0.15, 0.2) is 5.76 Å². The van der Waals surface area contributed by atoms with E-state index in [1.807, 2.05) is 31.3 Å². The van der Waals surface area contributed by atoms with Crippen LogP contribution in [0.5, 0.6) is 0 Å². The number of benzene rings is 1. The van der Waals surface area contributed by atoms with Crippen LogP contribution in [0.15, 0.2) is 40.9 Å². The molecule has 1 aromatic carbocycles. The van der Waals surface area contributed by atoms with Crippen LogP contribution < -0.4 is 10.2 Å². The molecule has 0 amide bonds. The summed E-state index contributed by atoms with van der Waals surface area (Å²) in [4.78, 5) is 2.14. The van der Waals surface area contributed by atoms with Crippen molar-refractivity contribution in [3.05, 3.63) is 47.9 Å². The van der Waals surface area contributed by atoms with Crippen molar-refractivity contribution in [1.82, 2.24) is 10.5 Å². The van der Waals surface area contributed by atoms with E-state index >= 15 is 0 Å². The van der Waals surface area contributed by atoms with Crippen molar-refractivity contribution in [3.8, 4) is 0 Å². The van der Waals surface area contributed by atoms with Crippen LogP contribution in [-0.2, 0) is 13.1 Å². The average molecular weight is 259 g/mol. The van der Waals surface area contributed by atoms with Crippen molar-refractivity contribution in [1.29, 1.82) is 0 Å². The molecule has 102 valence electrons. The number of nitrogens with zero attached hydrogens (tertiary/aromatic N) is 2. The molecule has 0 radical (unpaired) electrons. The molecule has 1 N–H and O–H groups in total. The van der Waals surface area contributed by atoms with E-state index in [2.05, 4.69) is 34.4 Å². The molecule has 2 aromatic rings.